The lowest BCUT2D eigenvalue weighted by Crippen LogP contribution is -2.43. The lowest BCUT2D eigenvalue weighted by atomic mass is 9.96. The van der Waals surface area contributed by atoms with Gasteiger partial charge in [0, 0.05) is 29.6 Å². The maximum Gasteiger partial charge on any atom is 0.422 e. The third-order valence-electron chi connectivity index (χ3n) is 5.87. The molecule has 2 heterocycles. The van der Waals surface area contributed by atoms with Gasteiger partial charge in [0.25, 0.3) is 0 Å². The van der Waals surface area contributed by atoms with E-state index in [9.17, 15) is 35.9 Å². The predicted octanol–water partition coefficient (Wildman–Crippen LogP) is 5.05. The number of aromatic nitrogens is 1. The van der Waals surface area contributed by atoms with Crippen molar-refractivity contribution < 1.29 is 35.5 Å². The fourth-order valence-corrected chi connectivity index (χ4v) is 6.65. The number of rotatable bonds is 5. The highest BCUT2D eigenvalue weighted by Gasteiger charge is 2.64. The summed E-state index contributed by atoms with van der Waals surface area (Å²) in [7, 11) is -4.40. The minimum Gasteiger partial charge on any atom is -0.423 e. The first-order chi connectivity index (χ1) is 16.4. The third-order valence-corrected chi connectivity index (χ3v) is 9.14. The van der Waals surface area contributed by atoms with E-state index in [4.69, 9.17) is 4.42 Å². The Morgan fingerprint density at radius 1 is 1.06 bits per heavy atom. The molecule has 12 heteroatoms. The van der Waals surface area contributed by atoms with Gasteiger partial charge in [-0.3, -0.25) is 0 Å². The first-order valence-corrected chi connectivity index (χ1v) is 12.6. The number of fused-ring (bicyclic) bond motifs is 1. The van der Waals surface area contributed by atoms with E-state index >= 15 is 0 Å². The molecule has 0 bridgehead atoms. The number of hydrogen-bond donors (Lipinski definition) is 1. The molecule has 0 spiro atoms. The second kappa shape index (κ2) is 7.97. The number of alkyl halides is 3. The Kier molecular flexibility index (Phi) is 5.38. The van der Waals surface area contributed by atoms with Crippen molar-refractivity contribution in [2.45, 2.75) is 33.9 Å². The minimum atomic E-state index is -5.00. The van der Waals surface area contributed by atoms with Gasteiger partial charge in [-0.25, -0.2) is 22.6 Å². The Bertz CT molecular complexity index is 1610. The van der Waals surface area contributed by atoms with Crippen LogP contribution in [0, 0.1) is 11.7 Å². The molecule has 35 heavy (non-hydrogen) atoms. The molecule has 5 rings (SSSR count). The molecule has 1 fully saturated rings. The van der Waals surface area contributed by atoms with Gasteiger partial charge in [0.2, 0.25) is 14.2 Å². The Morgan fingerprint density at radius 3 is 2.37 bits per heavy atom. The molecule has 182 valence electrons. The number of hydrogen-bond acceptors (Lipinski definition) is 7. The lowest BCUT2D eigenvalue weighted by molar-refractivity contribution is -0.274. The monoisotopic (exact) mass is 525 g/mol. The number of aliphatic hydroxyl groups is 1. The number of thiazole rings is 1. The van der Waals surface area contributed by atoms with Crippen LogP contribution in [0.5, 0.6) is 0 Å². The van der Waals surface area contributed by atoms with Crippen molar-refractivity contribution in [1.29, 1.82) is 0 Å². The van der Waals surface area contributed by atoms with Crippen molar-refractivity contribution in [3.63, 3.8) is 0 Å². The summed E-state index contributed by atoms with van der Waals surface area (Å²) in [5.41, 5.74) is -3.15. The molecule has 4 aromatic rings. The SMILES string of the molecule is O=c1cc(-c2ccc(F)cc2)c2ccc(S(=O)(=O)c3ncc(C(O)(C4CC4)C(F)(F)F)s3)cc2o1. The highest BCUT2D eigenvalue weighted by Crippen LogP contribution is 2.55. The number of halogens is 4. The zero-order valence-corrected chi connectivity index (χ0v) is 19.2. The van der Waals surface area contributed by atoms with Gasteiger partial charge < -0.3 is 9.52 Å². The Balaban J connectivity index is 1.58. The molecular weight excluding hydrogens is 510 g/mol. The second-order valence-electron chi connectivity index (χ2n) is 8.18. The summed E-state index contributed by atoms with van der Waals surface area (Å²) in [5, 5.41) is 10.8. The van der Waals surface area contributed by atoms with Gasteiger partial charge in [-0.2, -0.15) is 13.2 Å². The van der Waals surface area contributed by atoms with Gasteiger partial charge in [0.1, 0.15) is 11.4 Å². The van der Waals surface area contributed by atoms with E-state index in [1.807, 2.05) is 0 Å². The minimum absolute atomic E-state index is 0.0838. The van der Waals surface area contributed by atoms with E-state index in [1.165, 1.54) is 42.5 Å². The van der Waals surface area contributed by atoms with Gasteiger partial charge in [-0.05, 0) is 48.2 Å². The summed E-state index contributed by atoms with van der Waals surface area (Å²) in [6, 6.07) is 10.2. The standard InChI is InChI=1S/C23H15F4NO5S2/c24-14-5-1-12(2-6-14)17-10-20(29)33-18-9-15(7-8-16(17)18)35(31,32)21-28-11-19(34-21)22(30,13-3-4-13)23(25,26)27/h1-2,5-11,13,30H,3-4H2. The van der Waals surface area contributed by atoms with Gasteiger partial charge in [0.15, 0.2) is 5.60 Å². The van der Waals surface area contributed by atoms with Gasteiger partial charge in [-0.15, -0.1) is 11.3 Å². The van der Waals surface area contributed by atoms with Crippen LogP contribution < -0.4 is 5.63 Å². The fraction of sp³-hybridized carbons (Fsp3) is 0.217. The third kappa shape index (κ3) is 3.95. The fourth-order valence-electron chi connectivity index (χ4n) is 3.91. The molecule has 1 atom stereocenters. The molecule has 6 nitrogen and oxygen atoms in total. The predicted molar refractivity (Wildman–Crippen MR) is 118 cm³/mol. The van der Waals surface area contributed by atoms with Crippen LogP contribution in [-0.2, 0) is 15.4 Å². The van der Waals surface area contributed by atoms with E-state index in [-0.39, 0.29) is 34.7 Å². The smallest absolute Gasteiger partial charge is 0.422 e. The van der Waals surface area contributed by atoms with Crippen molar-refractivity contribution >= 4 is 32.1 Å². The van der Waals surface area contributed by atoms with Gasteiger partial charge in [0.05, 0.1) is 9.77 Å². The van der Waals surface area contributed by atoms with Crippen LogP contribution in [0.3, 0.4) is 0 Å². The van der Waals surface area contributed by atoms with E-state index in [2.05, 4.69) is 4.98 Å². The summed E-state index contributed by atoms with van der Waals surface area (Å²) in [4.78, 5) is 14.8. The molecule has 1 saturated carbocycles. The summed E-state index contributed by atoms with van der Waals surface area (Å²) >= 11 is 0.250. The molecule has 2 aromatic carbocycles. The Hall–Kier alpha value is -3.09. The molecular formula is C23H15F4NO5S2. The van der Waals surface area contributed by atoms with E-state index in [0.29, 0.717) is 16.5 Å². The van der Waals surface area contributed by atoms with E-state index in [0.717, 1.165) is 12.3 Å². The van der Waals surface area contributed by atoms with Crippen molar-refractivity contribution in [2.24, 2.45) is 5.92 Å². The lowest BCUT2D eigenvalue weighted by Gasteiger charge is -2.29. The van der Waals surface area contributed by atoms with Crippen molar-refractivity contribution in [1.82, 2.24) is 4.98 Å². The molecule has 0 aliphatic heterocycles. The Labute approximate surface area is 199 Å². The van der Waals surface area contributed by atoms with E-state index < -0.39 is 48.2 Å². The molecule has 0 amide bonds. The van der Waals surface area contributed by atoms with Crippen molar-refractivity contribution in [3.05, 3.63) is 75.8 Å². The topological polar surface area (TPSA) is 97.5 Å². The Morgan fingerprint density at radius 2 is 1.74 bits per heavy atom. The highest BCUT2D eigenvalue weighted by molar-refractivity contribution is 7.93. The maximum absolute atomic E-state index is 13.6. The molecule has 1 unspecified atom stereocenters. The zero-order valence-electron chi connectivity index (χ0n) is 17.5. The summed E-state index contributed by atoms with van der Waals surface area (Å²) in [5.74, 6) is -1.53. The van der Waals surface area contributed by atoms with Gasteiger partial charge >= 0.3 is 11.8 Å². The van der Waals surface area contributed by atoms with Crippen LogP contribution in [0.1, 0.15) is 17.7 Å². The van der Waals surface area contributed by atoms with Crippen LogP contribution in [-0.4, -0.2) is 24.7 Å². The normalized spacial score (nSPS) is 16.4. The number of benzene rings is 2. The largest absolute Gasteiger partial charge is 0.423 e. The number of nitrogens with zero attached hydrogens (tertiary/aromatic N) is 1. The van der Waals surface area contributed by atoms with Gasteiger partial charge in [-0.1, -0.05) is 12.1 Å². The molecule has 1 aliphatic rings. The van der Waals surface area contributed by atoms with Crippen LogP contribution in [0.25, 0.3) is 22.1 Å². The molecule has 1 aliphatic carbocycles. The number of sulfone groups is 1. The molecule has 2 aromatic heterocycles. The average Bonchev–Trinajstić information content (AvgIpc) is 3.53. The average molecular weight is 526 g/mol. The van der Waals surface area contributed by atoms with Crippen LogP contribution >= 0.6 is 11.3 Å². The summed E-state index contributed by atoms with van der Waals surface area (Å²) in [6.07, 6.45) is -3.94. The van der Waals surface area contributed by atoms with Crippen LogP contribution in [0.2, 0.25) is 0 Å². The van der Waals surface area contributed by atoms with E-state index in [1.54, 1.807) is 0 Å². The quantitative estimate of drug-likeness (QED) is 0.289. The summed E-state index contributed by atoms with van der Waals surface area (Å²) in [6.45, 7) is 0. The van der Waals surface area contributed by atoms with Crippen molar-refractivity contribution in [2.75, 3.05) is 0 Å². The van der Waals surface area contributed by atoms with Crippen molar-refractivity contribution in [3.8, 4) is 11.1 Å². The maximum atomic E-state index is 13.6. The first kappa shape index (κ1) is 23.6. The van der Waals surface area contributed by atoms with Crippen LogP contribution in [0.4, 0.5) is 17.6 Å². The summed E-state index contributed by atoms with van der Waals surface area (Å²) < 4.78 is 85.1. The molecule has 0 saturated heterocycles. The van der Waals surface area contributed by atoms with Crippen LogP contribution in [0.15, 0.2) is 73.2 Å². The second-order valence-corrected chi connectivity index (χ2v) is 11.3. The zero-order chi connectivity index (χ0) is 25.2. The molecule has 1 N–H and O–H groups in total. The first-order valence-electron chi connectivity index (χ1n) is 10.3. The highest BCUT2D eigenvalue weighted by atomic mass is 32.2. The molecule has 0 radical (unpaired) electrons.